The summed E-state index contributed by atoms with van der Waals surface area (Å²) >= 11 is 0. The molecule has 0 bridgehead atoms. The van der Waals surface area contributed by atoms with E-state index in [-0.39, 0.29) is 70.2 Å². The first kappa shape index (κ1) is 52.7. The molecule has 0 saturated carbocycles. The minimum absolute atomic E-state index is 0. The zero-order valence-electron chi connectivity index (χ0n) is 7.06. The molecule has 0 aromatic heterocycles. The summed E-state index contributed by atoms with van der Waals surface area (Å²) in [5.74, 6) is -0.833. The third-order valence-corrected chi connectivity index (χ3v) is 0. The van der Waals surface area contributed by atoms with E-state index in [2.05, 4.69) is 0 Å². The van der Waals surface area contributed by atoms with Gasteiger partial charge in [-0.2, -0.15) is 0 Å². The van der Waals surface area contributed by atoms with Crippen molar-refractivity contribution >= 4 is 51.5 Å². The molecule has 0 aromatic carbocycles. The first-order valence-electron chi connectivity index (χ1n) is 0.928. The Morgan fingerprint density at radius 3 is 1.22 bits per heavy atom. The van der Waals surface area contributed by atoms with E-state index in [1.807, 2.05) is 0 Å². The summed E-state index contributed by atoms with van der Waals surface area (Å²) in [5.41, 5.74) is 0. The van der Waals surface area contributed by atoms with E-state index in [4.69, 9.17) is 9.90 Å². The molecule has 9 N–H and O–H groups in total. The predicted molar refractivity (Wildman–Crippen MR) is 35.7 cm³/mol. The monoisotopic (exact) mass is 222 g/mol. The van der Waals surface area contributed by atoms with Gasteiger partial charge in [0.15, 0.2) is 0 Å². The molecule has 0 aliphatic rings. The SMILES string of the molecule is CC(=O)O.O.O.O.O.[H-].[H-].[Sr+2]. The Hall–Kier alpha value is 0.791. The van der Waals surface area contributed by atoms with Crippen LogP contribution in [0.15, 0.2) is 0 Å². The van der Waals surface area contributed by atoms with Gasteiger partial charge in [0.2, 0.25) is 0 Å². The molecule has 0 aromatic rings. The van der Waals surface area contributed by atoms with Crippen LogP contribution in [0.25, 0.3) is 0 Å². The van der Waals surface area contributed by atoms with E-state index in [1.165, 1.54) is 0 Å². The van der Waals surface area contributed by atoms with Gasteiger partial charge < -0.3 is 29.9 Å². The molecule has 6 nitrogen and oxygen atoms in total. The van der Waals surface area contributed by atoms with Crippen molar-refractivity contribution in [3.63, 3.8) is 0 Å². The van der Waals surface area contributed by atoms with Gasteiger partial charge >= 0.3 is 45.5 Å². The van der Waals surface area contributed by atoms with Gasteiger partial charge in [0.1, 0.15) is 0 Å². The summed E-state index contributed by atoms with van der Waals surface area (Å²) in [6.45, 7) is 1.08. The van der Waals surface area contributed by atoms with Gasteiger partial charge in [0, 0.05) is 6.92 Å². The zero-order valence-corrected chi connectivity index (χ0v) is 8.54. The van der Waals surface area contributed by atoms with Crippen LogP contribution in [0, 0.1) is 0 Å². The molecule has 0 radical (unpaired) electrons. The Morgan fingerprint density at radius 1 is 1.22 bits per heavy atom. The Labute approximate surface area is 92.3 Å². The standard InChI is InChI=1S/C2H4O2.4H2O.Sr.2H/c1-2(3)4;;;;;;;/h1H3,(H,3,4);4*1H2;;;/q;;;;;+2;2*-1. The van der Waals surface area contributed by atoms with Gasteiger partial charge in [-0.05, 0) is 0 Å². The molecule has 0 unspecified atom stereocenters. The average molecular weight is 222 g/mol. The molecular formula is C2H14O6Sr. The molecule has 0 atom stereocenters. The Morgan fingerprint density at radius 2 is 1.22 bits per heavy atom. The fourth-order valence-corrected chi connectivity index (χ4v) is 0. The number of hydrogen-bond acceptors (Lipinski definition) is 1. The molecule has 0 aliphatic carbocycles. The van der Waals surface area contributed by atoms with Gasteiger partial charge in [-0.15, -0.1) is 0 Å². The third kappa shape index (κ3) is 649. The van der Waals surface area contributed by atoms with Crippen molar-refractivity contribution in [2.75, 3.05) is 0 Å². The van der Waals surface area contributed by atoms with Crippen molar-refractivity contribution < 1.29 is 34.7 Å². The smallest absolute Gasteiger partial charge is 1.00 e. The van der Waals surface area contributed by atoms with Crippen LogP contribution < -0.4 is 0 Å². The summed E-state index contributed by atoms with van der Waals surface area (Å²) in [6, 6.07) is 0. The zero-order chi connectivity index (χ0) is 3.58. The molecule has 60 valence electrons. The van der Waals surface area contributed by atoms with E-state index < -0.39 is 5.97 Å². The van der Waals surface area contributed by atoms with Crippen LogP contribution in [0.2, 0.25) is 0 Å². The van der Waals surface area contributed by atoms with E-state index in [0.29, 0.717) is 0 Å². The van der Waals surface area contributed by atoms with E-state index in [0.717, 1.165) is 6.92 Å². The van der Waals surface area contributed by atoms with Gasteiger partial charge in [-0.3, -0.25) is 4.79 Å². The molecule has 0 amide bonds. The molecule has 7 heteroatoms. The number of rotatable bonds is 0. The topological polar surface area (TPSA) is 163 Å². The molecular weight excluding hydrogens is 208 g/mol. The second-order valence-electron chi connectivity index (χ2n) is 0.519. The largest absolute Gasteiger partial charge is 2.00 e. The molecule has 0 heterocycles. The fourth-order valence-electron chi connectivity index (χ4n) is 0. The van der Waals surface area contributed by atoms with Crippen molar-refractivity contribution in [1.82, 2.24) is 0 Å². The van der Waals surface area contributed by atoms with Crippen molar-refractivity contribution in [3.05, 3.63) is 0 Å². The maximum atomic E-state index is 9.00. The summed E-state index contributed by atoms with van der Waals surface area (Å²) in [6.07, 6.45) is 0. The Balaban J connectivity index is -0.00000000214. The summed E-state index contributed by atoms with van der Waals surface area (Å²) in [4.78, 5) is 9.00. The quantitative estimate of drug-likeness (QED) is 0.423. The predicted octanol–water partition coefficient (Wildman–Crippen LogP) is -3.36. The van der Waals surface area contributed by atoms with Gasteiger partial charge in [0.05, 0.1) is 0 Å². The van der Waals surface area contributed by atoms with Gasteiger partial charge in [-0.1, -0.05) is 0 Å². The fraction of sp³-hybridized carbons (Fsp3) is 0.500. The van der Waals surface area contributed by atoms with Crippen LogP contribution >= 0.6 is 0 Å². The third-order valence-electron chi connectivity index (χ3n) is 0. The van der Waals surface area contributed by atoms with Crippen LogP contribution in [0.3, 0.4) is 0 Å². The van der Waals surface area contributed by atoms with Crippen LogP contribution in [-0.2, 0) is 4.79 Å². The Kier molecular flexibility index (Phi) is 217. The van der Waals surface area contributed by atoms with Crippen LogP contribution in [0.5, 0.6) is 0 Å². The van der Waals surface area contributed by atoms with Crippen molar-refractivity contribution in [2.45, 2.75) is 6.92 Å². The summed E-state index contributed by atoms with van der Waals surface area (Å²) in [7, 11) is 0. The first-order chi connectivity index (χ1) is 1.73. The van der Waals surface area contributed by atoms with Crippen LogP contribution in [0.4, 0.5) is 0 Å². The van der Waals surface area contributed by atoms with E-state index >= 15 is 0 Å². The number of carboxylic acids is 1. The molecule has 0 saturated heterocycles. The second-order valence-corrected chi connectivity index (χ2v) is 0.519. The van der Waals surface area contributed by atoms with Crippen molar-refractivity contribution in [1.29, 1.82) is 0 Å². The summed E-state index contributed by atoms with van der Waals surface area (Å²) < 4.78 is 0. The maximum Gasteiger partial charge on any atom is 2.00 e. The second kappa shape index (κ2) is 37.1. The minimum Gasteiger partial charge on any atom is -1.00 e. The van der Waals surface area contributed by atoms with E-state index in [9.17, 15) is 0 Å². The molecule has 9 heavy (non-hydrogen) atoms. The average Bonchev–Trinajstić information content (AvgIpc) is 0.811. The normalized spacial score (nSPS) is 2.78. The van der Waals surface area contributed by atoms with Crippen LogP contribution in [-0.4, -0.2) is 78.5 Å². The number of aliphatic carboxylic acids is 1. The van der Waals surface area contributed by atoms with Gasteiger partial charge in [0.25, 0.3) is 5.97 Å². The van der Waals surface area contributed by atoms with Crippen molar-refractivity contribution in [2.24, 2.45) is 0 Å². The number of carboxylic acid groups (broad SMARTS) is 1. The molecule has 0 aliphatic heterocycles. The van der Waals surface area contributed by atoms with Gasteiger partial charge in [-0.25, -0.2) is 0 Å². The number of hydrogen-bond donors (Lipinski definition) is 1. The molecule has 0 spiro atoms. The minimum atomic E-state index is -0.833. The van der Waals surface area contributed by atoms with Crippen LogP contribution in [0.1, 0.15) is 9.78 Å². The summed E-state index contributed by atoms with van der Waals surface area (Å²) in [5, 5.41) is 7.42. The van der Waals surface area contributed by atoms with E-state index in [1.54, 1.807) is 0 Å². The Bertz CT molecular complexity index is 41.6. The molecule has 0 fully saturated rings. The number of carbonyl (C=O) groups is 1. The molecule has 0 rings (SSSR count). The first-order valence-corrected chi connectivity index (χ1v) is 0.928. The maximum absolute atomic E-state index is 9.00. The van der Waals surface area contributed by atoms with Crippen molar-refractivity contribution in [3.8, 4) is 0 Å².